The molecule has 2 saturated heterocycles. The third-order valence-corrected chi connectivity index (χ3v) is 12.9. The van der Waals surface area contributed by atoms with Crippen LogP contribution in [0.1, 0.15) is 76.9 Å². The zero-order valence-corrected chi connectivity index (χ0v) is 36.0. The summed E-state index contributed by atoms with van der Waals surface area (Å²) in [5.74, 6) is 1.27. The summed E-state index contributed by atoms with van der Waals surface area (Å²) in [6.45, 7) is 10.7. The minimum absolute atomic E-state index is 0.0156. The van der Waals surface area contributed by atoms with Gasteiger partial charge < -0.3 is 44.4 Å². The van der Waals surface area contributed by atoms with E-state index in [4.69, 9.17) is 28.9 Å². The number of imidazole rings is 1. The van der Waals surface area contributed by atoms with Gasteiger partial charge in [0, 0.05) is 37.4 Å². The van der Waals surface area contributed by atoms with Crippen LogP contribution in [0.3, 0.4) is 0 Å². The molecule has 4 aromatic rings. The van der Waals surface area contributed by atoms with E-state index in [0.717, 1.165) is 80.7 Å². The van der Waals surface area contributed by atoms with Gasteiger partial charge in [-0.1, -0.05) is 39.0 Å². The summed E-state index contributed by atoms with van der Waals surface area (Å²) < 4.78 is 21.6. The van der Waals surface area contributed by atoms with Crippen LogP contribution < -0.4 is 15.4 Å². The Kier molecular flexibility index (Phi) is 11.5. The van der Waals surface area contributed by atoms with Crippen molar-refractivity contribution in [3.63, 3.8) is 0 Å². The molecule has 4 amide bonds. The quantitative estimate of drug-likeness (QED) is 0.154. The van der Waals surface area contributed by atoms with E-state index in [9.17, 15) is 19.2 Å². The number of fused-ring (bicyclic) bond motifs is 6. The number of ether oxygens (including phenoxy) is 4. The van der Waals surface area contributed by atoms with Crippen molar-refractivity contribution in [2.75, 3.05) is 27.9 Å². The molecule has 3 aromatic carbocycles. The van der Waals surface area contributed by atoms with Gasteiger partial charge in [-0.15, -0.1) is 0 Å². The Morgan fingerprint density at radius 1 is 0.885 bits per heavy atom. The van der Waals surface area contributed by atoms with Crippen molar-refractivity contribution in [1.29, 1.82) is 0 Å². The van der Waals surface area contributed by atoms with E-state index in [1.165, 1.54) is 21.3 Å². The Labute approximate surface area is 355 Å². The van der Waals surface area contributed by atoms with Gasteiger partial charge in [-0.2, -0.15) is 0 Å². The fourth-order valence-electron chi connectivity index (χ4n) is 9.51. The van der Waals surface area contributed by atoms with Crippen molar-refractivity contribution in [1.82, 2.24) is 30.4 Å². The molecule has 0 saturated carbocycles. The SMILES string of the molecule is COC(=O)N[C@H](C(=O)N1[C@@H](C)CC[C@H]1c1ncc(-c2ccc3c(c2)COc2cc4c5c(ccc4cc2-3)N=C([C@@H]2C[C@H](C)CN2C(=O)[C@@H](NC(=O)OC)C(C)OC)C5)[nH]1)C(C)C. The Bertz CT molecular complexity index is 2410. The van der Waals surface area contributed by atoms with Gasteiger partial charge in [0.2, 0.25) is 11.8 Å². The van der Waals surface area contributed by atoms with E-state index in [-0.39, 0.29) is 41.8 Å². The van der Waals surface area contributed by atoms with Crippen molar-refractivity contribution in [3.8, 4) is 28.1 Å². The topological polar surface area (TPSA) is 177 Å². The van der Waals surface area contributed by atoms with Crippen molar-refractivity contribution in [2.24, 2.45) is 16.8 Å². The number of H-pyrrole nitrogens is 1. The summed E-state index contributed by atoms with van der Waals surface area (Å²) in [4.78, 5) is 69.2. The van der Waals surface area contributed by atoms with E-state index >= 15 is 0 Å². The Morgan fingerprint density at radius 3 is 2.36 bits per heavy atom. The minimum atomic E-state index is -0.902. The molecule has 8 rings (SSSR count). The molecule has 1 unspecified atom stereocenters. The number of nitrogens with zero attached hydrogens (tertiary/aromatic N) is 4. The van der Waals surface area contributed by atoms with Crippen LogP contribution in [0.4, 0.5) is 15.3 Å². The standard InChI is InChI=1S/C46H55N7O8/c1-23(2)40(50-45(56)59-7)44(55)53-25(4)9-14-37(53)42-47-20-36(49-42)28-10-12-30-29(16-28)22-61-39-19-31-27(17-33(30)39)11-13-34-32(31)18-35(48-34)38-15-24(3)21-52(38)43(54)41(26(5)58-6)51-46(57)60-8/h10-13,16-17,19-20,23-26,37-38,40-41H,9,14-15,18,21-22H2,1-8H3,(H,47,49)(H,50,56)(H,51,57)/t24-,25-,26?,37-,38-,40-,41-/m0/s1. The Morgan fingerprint density at radius 2 is 1.64 bits per heavy atom. The molecule has 0 radical (unpaired) electrons. The number of rotatable bonds is 10. The van der Waals surface area contributed by atoms with Gasteiger partial charge in [-0.05, 0) is 102 Å². The van der Waals surface area contributed by atoms with Crippen LogP contribution >= 0.6 is 0 Å². The number of nitrogens with one attached hydrogen (secondary N) is 3. The highest BCUT2D eigenvalue weighted by atomic mass is 16.5. The highest BCUT2D eigenvalue weighted by Gasteiger charge is 2.43. The Hall–Kier alpha value is -5.96. The fraction of sp³-hybridized carbons (Fsp3) is 0.478. The van der Waals surface area contributed by atoms with E-state index in [0.29, 0.717) is 25.4 Å². The van der Waals surface area contributed by atoms with Gasteiger partial charge in [0.1, 0.15) is 30.3 Å². The molecule has 322 valence electrons. The molecule has 0 bridgehead atoms. The number of aromatic amines is 1. The Balaban J connectivity index is 1.01. The highest BCUT2D eigenvalue weighted by molar-refractivity contribution is 6.06. The average molecular weight is 834 g/mol. The monoisotopic (exact) mass is 833 g/mol. The fourth-order valence-corrected chi connectivity index (χ4v) is 9.51. The summed E-state index contributed by atoms with van der Waals surface area (Å²) in [5.41, 5.74) is 7.88. The number of carbonyl (C=O) groups excluding carboxylic acids is 4. The van der Waals surface area contributed by atoms with Gasteiger partial charge in [-0.3, -0.25) is 14.6 Å². The summed E-state index contributed by atoms with van der Waals surface area (Å²) in [7, 11) is 4.08. The smallest absolute Gasteiger partial charge is 0.407 e. The molecule has 3 N–H and O–H groups in total. The predicted molar refractivity (Wildman–Crippen MR) is 230 cm³/mol. The molecule has 0 aliphatic carbocycles. The molecule has 4 aliphatic rings. The zero-order valence-electron chi connectivity index (χ0n) is 36.0. The van der Waals surface area contributed by atoms with Crippen LogP contribution in [0.5, 0.6) is 5.75 Å². The summed E-state index contributed by atoms with van der Waals surface area (Å²) in [6, 6.07) is 12.7. The van der Waals surface area contributed by atoms with Crippen LogP contribution in [0, 0.1) is 11.8 Å². The van der Waals surface area contributed by atoms with Crippen LogP contribution in [0.15, 0.2) is 53.7 Å². The molecule has 0 spiro atoms. The largest absolute Gasteiger partial charge is 0.488 e. The second-order valence-electron chi connectivity index (χ2n) is 17.2. The third kappa shape index (κ3) is 7.79. The van der Waals surface area contributed by atoms with Gasteiger partial charge in [0.25, 0.3) is 0 Å². The number of hydrogen-bond acceptors (Lipinski definition) is 10. The zero-order chi connectivity index (χ0) is 43.3. The van der Waals surface area contributed by atoms with Gasteiger partial charge in [0.05, 0.1) is 50.0 Å². The molecule has 15 nitrogen and oxygen atoms in total. The van der Waals surface area contributed by atoms with E-state index in [1.54, 1.807) is 6.92 Å². The lowest BCUT2D eigenvalue weighted by atomic mass is 9.90. The normalized spacial score (nSPS) is 21.8. The molecule has 1 aromatic heterocycles. The van der Waals surface area contributed by atoms with Crippen LogP contribution in [-0.2, 0) is 36.8 Å². The van der Waals surface area contributed by atoms with E-state index in [2.05, 4.69) is 65.0 Å². The van der Waals surface area contributed by atoms with Crippen molar-refractivity contribution in [2.45, 2.75) is 103 Å². The number of hydrogen-bond donors (Lipinski definition) is 3. The number of likely N-dealkylation sites (tertiary alicyclic amines) is 2. The first-order valence-electron chi connectivity index (χ1n) is 21.1. The molecule has 4 aliphatic heterocycles. The predicted octanol–water partition coefficient (Wildman–Crippen LogP) is 6.85. The minimum Gasteiger partial charge on any atom is -0.488 e. The first-order valence-corrected chi connectivity index (χ1v) is 21.1. The van der Waals surface area contributed by atoms with Gasteiger partial charge in [-0.25, -0.2) is 14.6 Å². The molecule has 15 heteroatoms. The molecule has 2 fully saturated rings. The second-order valence-corrected chi connectivity index (χ2v) is 17.2. The first-order chi connectivity index (χ1) is 29.3. The summed E-state index contributed by atoms with van der Waals surface area (Å²) >= 11 is 0. The number of aliphatic imine (C=N–C) groups is 1. The number of amides is 4. The maximum atomic E-state index is 14.0. The average Bonchev–Trinajstić information content (AvgIpc) is 4.08. The first kappa shape index (κ1) is 41.8. The molecule has 5 heterocycles. The molecular formula is C46H55N7O8. The lowest BCUT2D eigenvalue weighted by Crippen LogP contribution is -2.56. The van der Waals surface area contributed by atoms with Crippen LogP contribution in [0.25, 0.3) is 33.2 Å². The van der Waals surface area contributed by atoms with E-state index in [1.807, 2.05) is 36.8 Å². The van der Waals surface area contributed by atoms with Crippen LogP contribution in [-0.4, -0.2) is 108 Å². The third-order valence-electron chi connectivity index (χ3n) is 12.9. The van der Waals surface area contributed by atoms with Gasteiger partial charge >= 0.3 is 12.2 Å². The van der Waals surface area contributed by atoms with Gasteiger partial charge in [0.15, 0.2) is 0 Å². The molecule has 7 atom stereocenters. The lowest BCUT2D eigenvalue weighted by Gasteiger charge is -2.32. The number of carbonyl (C=O) groups is 4. The molecule has 61 heavy (non-hydrogen) atoms. The summed E-state index contributed by atoms with van der Waals surface area (Å²) in [6.07, 6.45) is 2.88. The highest BCUT2D eigenvalue weighted by Crippen LogP contribution is 2.45. The van der Waals surface area contributed by atoms with Crippen LogP contribution in [0.2, 0.25) is 0 Å². The second kappa shape index (κ2) is 16.8. The number of aromatic nitrogens is 2. The van der Waals surface area contributed by atoms with E-state index < -0.39 is 30.4 Å². The van der Waals surface area contributed by atoms with Crippen molar-refractivity contribution in [3.05, 3.63) is 65.6 Å². The number of methoxy groups -OCH3 is 3. The van der Waals surface area contributed by atoms with Crippen molar-refractivity contribution < 1.29 is 38.1 Å². The molecular weight excluding hydrogens is 779 g/mol. The number of benzene rings is 3. The number of alkyl carbamates (subject to hydrolysis) is 2. The lowest BCUT2D eigenvalue weighted by molar-refractivity contribution is -0.137. The maximum Gasteiger partial charge on any atom is 0.407 e. The maximum absolute atomic E-state index is 14.0. The van der Waals surface area contributed by atoms with Crippen molar-refractivity contribution >= 4 is 46.2 Å². The summed E-state index contributed by atoms with van der Waals surface area (Å²) in [5, 5.41) is 7.54.